The number of aryl methyl sites for hydroxylation is 3. The van der Waals surface area contributed by atoms with Gasteiger partial charge in [-0.3, -0.25) is 0 Å². The second kappa shape index (κ2) is 4.81. The molecule has 0 atom stereocenters. The van der Waals surface area contributed by atoms with Gasteiger partial charge in [0.2, 0.25) is 0 Å². The predicted octanol–water partition coefficient (Wildman–Crippen LogP) is 3.49. The first-order valence-electron chi connectivity index (χ1n) is 6.59. The van der Waals surface area contributed by atoms with E-state index in [2.05, 4.69) is 28.5 Å². The van der Waals surface area contributed by atoms with E-state index in [-0.39, 0.29) is 0 Å². The van der Waals surface area contributed by atoms with Crippen LogP contribution < -0.4 is 5.32 Å². The predicted molar refractivity (Wildman–Crippen MR) is 74.8 cm³/mol. The summed E-state index contributed by atoms with van der Waals surface area (Å²) in [7, 11) is 0. The first-order chi connectivity index (χ1) is 8.81. The Morgan fingerprint density at radius 3 is 2.89 bits per heavy atom. The molecular formula is C16H18N2. The van der Waals surface area contributed by atoms with Gasteiger partial charge in [0.05, 0.1) is 0 Å². The van der Waals surface area contributed by atoms with Crippen LogP contribution in [0, 0.1) is 6.92 Å². The standard InChI is InChI=1S/C16H18N2/c1-12-4-2-7-16(18-12)17-11-13-8-9-14-5-3-6-15(14)10-13/h2,4,7-10H,3,5-6,11H2,1H3,(H,17,18). The summed E-state index contributed by atoms with van der Waals surface area (Å²) in [6, 6.07) is 12.9. The van der Waals surface area contributed by atoms with Gasteiger partial charge in [0, 0.05) is 12.2 Å². The summed E-state index contributed by atoms with van der Waals surface area (Å²) in [4.78, 5) is 4.45. The average molecular weight is 238 g/mol. The Kier molecular flexibility index (Phi) is 3.01. The fraction of sp³-hybridized carbons (Fsp3) is 0.312. The van der Waals surface area contributed by atoms with Crippen molar-refractivity contribution in [3.8, 4) is 0 Å². The highest BCUT2D eigenvalue weighted by molar-refractivity contribution is 5.39. The number of hydrogen-bond donors (Lipinski definition) is 1. The molecule has 3 rings (SSSR count). The molecule has 2 aromatic rings. The van der Waals surface area contributed by atoms with Crippen molar-refractivity contribution in [3.63, 3.8) is 0 Å². The van der Waals surface area contributed by atoms with Crippen LogP contribution in [0.1, 0.15) is 28.8 Å². The molecule has 0 fully saturated rings. The quantitative estimate of drug-likeness (QED) is 0.885. The molecule has 1 aliphatic rings. The Balaban J connectivity index is 1.70. The van der Waals surface area contributed by atoms with E-state index < -0.39 is 0 Å². The third-order valence-electron chi connectivity index (χ3n) is 3.52. The van der Waals surface area contributed by atoms with E-state index >= 15 is 0 Å². The van der Waals surface area contributed by atoms with Gasteiger partial charge < -0.3 is 5.32 Å². The van der Waals surface area contributed by atoms with Crippen molar-refractivity contribution in [2.75, 3.05) is 5.32 Å². The topological polar surface area (TPSA) is 24.9 Å². The number of fused-ring (bicyclic) bond motifs is 1. The summed E-state index contributed by atoms with van der Waals surface area (Å²) in [5.41, 5.74) is 5.46. The lowest BCUT2D eigenvalue weighted by atomic mass is 10.1. The Hall–Kier alpha value is -1.83. The third-order valence-corrected chi connectivity index (χ3v) is 3.52. The molecule has 92 valence electrons. The van der Waals surface area contributed by atoms with Crippen molar-refractivity contribution in [3.05, 3.63) is 58.8 Å². The molecule has 0 radical (unpaired) electrons. The van der Waals surface area contributed by atoms with Crippen molar-refractivity contribution < 1.29 is 0 Å². The number of nitrogens with zero attached hydrogens (tertiary/aromatic N) is 1. The Morgan fingerprint density at radius 1 is 1.11 bits per heavy atom. The van der Waals surface area contributed by atoms with Crippen LogP contribution >= 0.6 is 0 Å². The first kappa shape index (κ1) is 11.3. The molecule has 0 spiro atoms. The SMILES string of the molecule is Cc1cccc(NCc2ccc3c(c2)CCC3)n1. The summed E-state index contributed by atoms with van der Waals surface area (Å²) in [5.74, 6) is 0.954. The fourth-order valence-corrected chi connectivity index (χ4v) is 2.57. The maximum Gasteiger partial charge on any atom is 0.126 e. The fourth-order valence-electron chi connectivity index (χ4n) is 2.57. The molecule has 1 aromatic carbocycles. The van der Waals surface area contributed by atoms with Crippen molar-refractivity contribution in [2.24, 2.45) is 0 Å². The Bertz CT molecular complexity index is 561. The van der Waals surface area contributed by atoms with Gasteiger partial charge in [-0.15, -0.1) is 0 Å². The number of pyridine rings is 1. The Labute approximate surface area is 108 Å². The van der Waals surface area contributed by atoms with Gasteiger partial charge >= 0.3 is 0 Å². The van der Waals surface area contributed by atoms with Gasteiger partial charge in [-0.1, -0.05) is 24.3 Å². The molecule has 2 heteroatoms. The highest BCUT2D eigenvalue weighted by Crippen LogP contribution is 2.23. The van der Waals surface area contributed by atoms with Crippen LogP contribution in [0.4, 0.5) is 5.82 Å². The molecule has 1 heterocycles. The average Bonchev–Trinajstić information content (AvgIpc) is 2.84. The van der Waals surface area contributed by atoms with Gasteiger partial charge in [0.1, 0.15) is 5.82 Å². The number of nitrogens with one attached hydrogen (secondary N) is 1. The molecule has 0 unspecified atom stereocenters. The highest BCUT2D eigenvalue weighted by atomic mass is 15.0. The summed E-state index contributed by atoms with van der Waals surface area (Å²) >= 11 is 0. The maximum atomic E-state index is 4.45. The summed E-state index contributed by atoms with van der Waals surface area (Å²) in [5, 5.41) is 3.38. The molecule has 0 aliphatic heterocycles. The molecule has 0 saturated heterocycles. The molecule has 2 nitrogen and oxygen atoms in total. The van der Waals surface area contributed by atoms with E-state index in [1.807, 2.05) is 25.1 Å². The summed E-state index contributed by atoms with van der Waals surface area (Å²) in [6.45, 7) is 2.87. The van der Waals surface area contributed by atoms with Crippen LogP contribution in [-0.2, 0) is 19.4 Å². The molecule has 1 N–H and O–H groups in total. The van der Waals surface area contributed by atoms with Crippen LogP contribution in [0.3, 0.4) is 0 Å². The molecule has 18 heavy (non-hydrogen) atoms. The van der Waals surface area contributed by atoms with Crippen molar-refractivity contribution in [2.45, 2.75) is 32.7 Å². The third kappa shape index (κ3) is 2.37. The minimum atomic E-state index is 0.851. The minimum Gasteiger partial charge on any atom is -0.366 e. The van der Waals surface area contributed by atoms with Crippen molar-refractivity contribution in [1.29, 1.82) is 0 Å². The molecule has 0 saturated carbocycles. The minimum absolute atomic E-state index is 0.851. The molecule has 1 aliphatic carbocycles. The van der Waals surface area contributed by atoms with E-state index in [4.69, 9.17) is 0 Å². The van der Waals surface area contributed by atoms with Gasteiger partial charge in [-0.05, 0) is 55.0 Å². The first-order valence-corrected chi connectivity index (χ1v) is 6.59. The maximum absolute atomic E-state index is 4.45. The second-order valence-electron chi connectivity index (χ2n) is 4.97. The molecule has 0 amide bonds. The zero-order valence-electron chi connectivity index (χ0n) is 10.7. The lowest BCUT2D eigenvalue weighted by molar-refractivity contribution is 0.911. The van der Waals surface area contributed by atoms with Crippen LogP contribution in [0.25, 0.3) is 0 Å². The summed E-state index contributed by atoms with van der Waals surface area (Å²) < 4.78 is 0. The number of benzene rings is 1. The van der Waals surface area contributed by atoms with E-state index in [1.54, 1.807) is 0 Å². The number of anilines is 1. The van der Waals surface area contributed by atoms with Gasteiger partial charge in [-0.25, -0.2) is 4.98 Å². The number of rotatable bonds is 3. The van der Waals surface area contributed by atoms with E-state index in [9.17, 15) is 0 Å². The summed E-state index contributed by atoms with van der Waals surface area (Å²) in [6.07, 6.45) is 3.81. The monoisotopic (exact) mass is 238 g/mol. The zero-order chi connectivity index (χ0) is 12.4. The number of aromatic nitrogens is 1. The van der Waals surface area contributed by atoms with Crippen molar-refractivity contribution >= 4 is 5.82 Å². The lowest BCUT2D eigenvalue weighted by Gasteiger charge is -2.08. The van der Waals surface area contributed by atoms with Gasteiger partial charge in [-0.2, -0.15) is 0 Å². The Morgan fingerprint density at radius 2 is 2.00 bits per heavy atom. The van der Waals surface area contributed by atoms with Crippen LogP contribution in [0.15, 0.2) is 36.4 Å². The largest absolute Gasteiger partial charge is 0.366 e. The van der Waals surface area contributed by atoms with Gasteiger partial charge in [0.15, 0.2) is 0 Å². The van der Waals surface area contributed by atoms with Crippen LogP contribution in [0.5, 0.6) is 0 Å². The van der Waals surface area contributed by atoms with E-state index in [0.717, 1.165) is 18.1 Å². The molecule has 1 aromatic heterocycles. The number of hydrogen-bond acceptors (Lipinski definition) is 2. The molecular weight excluding hydrogens is 220 g/mol. The van der Waals surface area contributed by atoms with Crippen LogP contribution in [0.2, 0.25) is 0 Å². The zero-order valence-corrected chi connectivity index (χ0v) is 10.7. The van der Waals surface area contributed by atoms with E-state index in [0.29, 0.717) is 0 Å². The van der Waals surface area contributed by atoms with Gasteiger partial charge in [0.25, 0.3) is 0 Å². The van der Waals surface area contributed by atoms with Crippen molar-refractivity contribution in [1.82, 2.24) is 4.98 Å². The highest BCUT2D eigenvalue weighted by Gasteiger charge is 2.10. The normalized spacial score (nSPS) is 13.4. The second-order valence-corrected chi connectivity index (χ2v) is 4.97. The molecule has 0 bridgehead atoms. The smallest absolute Gasteiger partial charge is 0.126 e. The lowest BCUT2D eigenvalue weighted by Crippen LogP contribution is -2.02. The van der Waals surface area contributed by atoms with Crippen LogP contribution in [-0.4, -0.2) is 4.98 Å². The van der Waals surface area contributed by atoms with E-state index in [1.165, 1.54) is 36.0 Å².